The maximum Gasteiger partial charge on any atom is 0.405 e. The number of fused-ring (bicyclic) bond motifs is 1. The fourth-order valence-electron chi connectivity index (χ4n) is 2.34. The Bertz CT molecular complexity index is 1220. The number of hydrogen-bond donors (Lipinski definition) is 6. The number of thioether (sulfide) groups is 1. The number of carboxylic acid groups (broad SMARTS) is 1. The molecule has 3 rings (SSSR count). The minimum Gasteiger partial charge on any atom is -0.465 e. The van der Waals surface area contributed by atoms with Crippen molar-refractivity contribution in [2.45, 2.75) is 36.8 Å². The van der Waals surface area contributed by atoms with Crippen LogP contribution in [-0.4, -0.2) is 50.7 Å². The van der Waals surface area contributed by atoms with Gasteiger partial charge in [-0.05, 0) is 25.5 Å². The number of primary amides is 1. The van der Waals surface area contributed by atoms with Gasteiger partial charge in [0.25, 0.3) is 0 Å². The van der Waals surface area contributed by atoms with Crippen molar-refractivity contribution >= 4 is 62.9 Å². The molecule has 0 saturated carbocycles. The zero-order valence-electron chi connectivity index (χ0n) is 18.1. The number of carbonyl (C=O) groups excluding carboxylic acids is 1. The van der Waals surface area contributed by atoms with Gasteiger partial charge in [0.2, 0.25) is 5.91 Å². The first-order valence-corrected chi connectivity index (χ1v) is 11.9. The summed E-state index contributed by atoms with van der Waals surface area (Å²) in [5.74, 6) is -0.271. The van der Waals surface area contributed by atoms with Gasteiger partial charge in [0, 0.05) is 18.3 Å². The molecule has 184 valence electrons. The topological polar surface area (TPSA) is 189 Å². The lowest BCUT2D eigenvalue weighted by atomic mass is 10.2. The molecule has 0 radical (unpaired) electrons. The van der Waals surface area contributed by atoms with Crippen molar-refractivity contribution in [3.8, 4) is 0 Å². The van der Waals surface area contributed by atoms with E-state index in [1.165, 1.54) is 24.8 Å². The van der Waals surface area contributed by atoms with Gasteiger partial charge in [-0.15, -0.1) is 0 Å². The first-order chi connectivity index (χ1) is 16.0. The Morgan fingerprint density at radius 2 is 2.06 bits per heavy atom. The van der Waals surface area contributed by atoms with Gasteiger partial charge in [-0.3, -0.25) is 14.6 Å². The van der Waals surface area contributed by atoms with E-state index in [9.17, 15) is 18.8 Å². The molecule has 2 amide bonds. The van der Waals surface area contributed by atoms with Crippen LogP contribution in [0.15, 0.2) is 28.2 Å². The first-order valence-electron chi connectivity index (χ1n) is 9.73. The molecule has 34 heavy (non-hydrogen) atoms. The third-order valence-corrected chi connectivity index (χ3v) is 6.22. The molecule has 0 spiro atoms. The van der Waals surface area contributed by atoms with Gasteiger partial charge >= 0.3 is 11.0 Å². The number of amides is 2. The second-order valence-electron chi connectivity index (χ2n) is 6.90. The molecule has 0 unspecified atom stereocenters. The van der Waals surface area contributed by atoms with Crippen molar-refractivity contribution in [2.24, 2.45) is 11.5 Å². The van der Waals surface area contributed by atoms with Crippen LogP contribution in [0.25, 0.3) is 10.3 Å². The van der Waals surface area contributed by atoms with E-state index in [2.05, 4.69) is 20.3 Å². The number of thiazole rings is 1. The molecule has 8 N–H and O–H groups in total. The molecule has 2 atom stereocenters. The summed E-state index contributed by atoms with van der Waals surface area (Å²) < 4.78 is 14.6. The predicted octanol–water partition coefficient (Wildman–Crippen LogP) is 2.35. The number of halogens is 2. The highest BCUT2D eigenvalue weighted by Gasteiger charge is 2.15. The molecular formula is C19H23ClFN7O4S2. The van der Waals surface area contributed by atoms with E-state index in [4.69, 9.17) is 28.2 Å². The third kappa shape index (κ3) is 7.83. The number of benzene rings is 1. The van der Waals surface area contributed by atoms with E-state index in [-0.39, 0.29) is 15.9 Å². The summed E-state index contributed by atoms with van der Waals surface area (Å²) in [7, 11) is 0. The van der Waals surface area contributed by atoms with Gasteiger partial charge < -0.3 is 27.2 Å². The molecule has 0 saturated heterocycles. The van der Waals surface area contributed by atoms with Gasteiger partial charge in [-0.25, -0.2) is 19.2 Å². The summed E-state index contributed by atoms with van der Waals surface area (Å²) >= 11 is 8.09. The van der Waals surface area contributed by atoms with Crippen molar-refractivity contribution in [1.29, 1.82) is 0 Å². The Morgan fingerprint density at radius 3 is 2.65 bits per heavy atom. The summed E-state index contributed by atoms with van der Waals surface area (Å²) in [5.41, 5.74) is 11.3. The molecule has 0 aliphatic carbocycles. The normalized spacial score (nSPS) is 12.4. The Kier molecular flexibility index (Phi) is 10.0. The van der Waals surface area contributed by atoms with Crippen LogP contribution in [0.1, 0.15) is 19.4 Å². The van der Waals surface area contributed by atoms with E-state index >= 15 is 0 Å². The van der Waals surface area contributed by atoms with Crippen LogP contribution < -0.4 is 27.0 Å². The van der Waals surface area contributed by atoms with Gasteiger partial charge in [-0.2, -0.15) is 0 Å². The maximum atomic E-state index is 14.0. The van der Waals surface area contributed by atoms with Crippen molar-refractivity contribution < 1.29 is 19.1 Å². The van der Waals surface area contributed by atoms with Crippen molar-refractivity contribution in [1.82, 2.24) is 20.3 Å². The van der Waals surface area contributed by atoms with Crippen LogP contribution in [0.4, 0.5) is 15.0 Å². The molecule has 15 heteroatoms. The summed E-state index contributed by atoms with van der Waals surface area (Å²) in [4.78, 5) is 42.8. The fourth-order valence-corrected chi connectivity index (χ4v) is 4.08. The standard InChI is InChI=1S/C15H15ClFN5OS2.C4H8N2O3/c1-7(5-18)19-12-11-13(22-15(23)25-11)21-14(20-12)24-6-8-3-2-4-9(16)10(8)17;1-2(3(5)7)6-4(8)9/h2-4,7H,5-6,18H2,1H3,(H2,19,20,21,22,23);2,6H,1H3,(H2,5,7)(H,8,9)/t7-;2-/m11/s1. The predicted molar refractivity (Wildman–Crippen MR) is 131 cm³/mol. The van der Waals surface area contributed by atoms with Gasteiger partial charge in [-0.1, -0.05) is 46.8 Å². The quantitative estimate of drug-likeness (QED) is 0.187. The number of nitrogens with one attached hydrogen (secondary N) is 3. The smallest absolute Gasteiger partial charge is 0.405 e. The van der Waals surface area contributed by atoms with Crippen LogP contribution in [-0.2, 0) is 10.5 Å². The average Bonchev–Trinajstić information content (AvgIpc) is 3.15. The van der Waals surface area contributed by atoms with E-state index in [1.807, 2.05) is 12.2 Å². The first kappa shape index (κ1) is 27.3. The van der Waals surface area contributed by atoms with Gasteiger partial charge in [0.05, 0.1) is 5.02 Å². The maximum absolute atomic E-state index is 14.0. The molecule has 0 bridgehead atoms. The molecule has 11 nitrogen and oxygen atoms in total. The van der Waals surface area contributed by atoms with Crippen molar-refractivity contribution in [3.63, 3.8) is 0 Å². The number of carbonyl (C=O) groups is 2. The van der Waals surface area contributed by atoms with E-state index in [0.717, 1.165) is 11.3 Å². The SMILES string of the molecule is C[C@@H](NC(=O)O)C(N)=O.C[C@H](CN)Nc1nc(SCc2cccc(Cl)c2F)nc2[nH]c(=O)sc12. The number of rotatable bonds is 8. The number of nitrogens with zero attached hydrogens (tertiary/aromatic N) is 2. The molecular weight excluding hydrogens is 509 g/mol. The molecule has 3 aromatic rings. The monoisotopic (exact) mass is 531 g/mol. The lowest BCUT2D eigenvalue weighted by Gasteiger charge is -2.13. The Balaban J connectivity index is 0.000000387. The highest BCUT2D eigenvalue weighted by molar-refractivity contribution is 7.98. The van der Waals surface area contributed by atoms with Crippen LogP contribution in [0.5, 0.6) is 0 Å². The van der Waals surface area contributed by atoms with Gasteiger partial charge in [0.15, 0.2) is 16.6 Å². The second kappa shape index (κ2) is 12.5. The Labute approximate surface area is 206 Å². The Hall–Kier alpha value is -2.94. The lowest BCUT2D eigenvalue weighted by molar-refractivity contribution is -0.119. The highest BCUT2D eigenvalue weighted by atomic mass is 35.5. The van der Waals surface area contributed by atoms with E-state index in [1.54, 1.807) is 12.1 Å². The second-order valence-corrected chi connectivity index (χ2v) is 9.24. The summed E-state index contributed by atoms with van der Waals surface area (Å²) in [6.07, 6.45) is -1.25. The molecule has 2 aromatic heterocycles. The molecule has 1 aromatic carbocycles. The van der Waals surface area contributed by atoms with Gasteiger partial charge in [0.1, 0.15) is 16.6 Å². The van der Waals surface area contributed by atoms with Crippen LogP contribution in [0, 0.1) is 5.82 Å². The minimum absolute atomic E-state index is 0.0153. The van der Waals surface area contributed by atoms with Crippen LogP contribution in [0.2, 0.25) is 5.02 Å². The fraction of sp³-hybridized carbons (Fsp3) is 0.316. The number of aromatic amines is 1. The molecule has 0 aliphatic rings. The molecule has 0 fully saturated rings. The van der Waals surface area contributed by atoms with Crippen molar-refractivity contribution in [2.75, 3.05) is 11.9 Å². The number of aromatic nitrogens is 3. The molecule has 2 heterocycles. The summed E-state index contributed by atoms with van der Waals surface area (Å²) in [5, 5.41) is 13.6. The number of nitrogens with two attached hydrogens (primary N) is 2. The van der Waals surface area contributed by atoms with E-state index < -0.39 is 23.9 Å². The van der Waals surface area contributed by atoms with Crippen LogP contribution in [0.3, 0.4) is 0 Å². The lowest BCUT2D eigenvalue weighted by Crippen LogP contribution is -2.41. The third-order valence-electron chi connectivity index (χ3n) is 4.15. The minimum atomic E-state index is -1.25. The van der Waals surface area contributed by atoms with E-state index in [0.29, 0.717) is 39.2 Å². The van der Waals surface area contributed by atoms with Crippen molar-refractivity contribution in [3.05, 3.63) is 44.3 Å². The number of anilines is 1. The van der Waals surface area contributed by atoms with Crippen LogP contribution >= 0.6 is 34.7 Å². The number of H-pyrrole nitrogens is 1. The Morgan fingerprint density at radius 1 is 1.35 bits per heavy atom. The zero-order chi connectivity index (χ0) is 25.4. The number of hydrogen-bond acceptors (Lipinski definition) is 9. The summed E-state index contributed by atoms with van der Waals surface area (Å²) in [6, 6.07) is 4.02. The highest BCUT2D eigenvalue weighted by Crippen LogP contribution is 2.29. The largest absolute Gasteiger partial charge is 0.465 e. The molecule has 0 aliphatic heterocycles. The summed E-state index contributed by atoms with van der Waals surface area (Å²) in [6.45, 7) is 3.70. The average molecular weight is 532 g/mol. The zero-order valence-corrected chi connectivity index (χ0v) is 20.5.